The Labute approximate surface area is 121 Å². The molecule has 2 N–H and O–H groups in total. The molecular formula is C15H17NO3S. The molecule has 0 saturated heterocycles. The SMILES string of the molecule is CC(CCCNC(=O)c1csc2ccccc12)C(=O)O. The molecule has 4 nitrogen and oxygen atoms in total. The quantitative estimate of drug-likeness (QED) is 0.804. The van der Waals surface area contributed by atoms with Crippen molar-refractivity contribution in [3.8, 4) is 0 Å². The molecule has 0 aliphatic rings. The predicted molar refractivity (Wildman–Crippen MR) is 80.2 cm³/mol. The van der Waals surface area contributed by atoms with Gasteiger partial charge in [0.1, 0.15) is 0 Å². The van der Waals surface area contributed by atoms with E-state index in [-0.39, 0.29) is 11.8 Å². The lowest BCUT2D eigenvalue weighted by atomic mass is 10.1. The molecule has 0 bridgehead atoms. The van der Waals surface area contributed by atoms with Crippen LogP contribution in [0.1, 0.15) is 30.1 Å². The zero-order valence-electron chi connectivity index (χ0n) is 11.3. The highest BCUT2D eigenvalue weighted by Gasteiger charge is 2.13. The van der Waals surface area contributed by atoms with Crippen molar-refractivity contribution in [3.05, 3.63) is 35.2 Å². The number of aliphatic carboxylic acids is 1. The van der Waals surface area contributed by atoms with Crippen LogP contribution in [0.25, 0.3) is 10.1 Å². The molecule has 0 spiro atoms. The molecule has 0 radical (unpaired) electrons. The minimum absolute atomic E-state index is 0.0922. The first kappa shape index (κ1) is 14.5. The molecule has 1 aromatic heterocycles. The van der Waals surface area contributed by atoms with Gasteiger partial charge in [-0.2, -0.15) is 0 Å². The molecule has 106 valence electrons. The van der Waals surface area contributed by atoms with E-state index in [1.54, 1.807) is 18.3 Å². The summed E-state index contributed by atoms with van der Waals surface area (Å²) in [6.45, 7) is 2.18. The monoisotopic (exact) mass is 291 g/mol. The third-order valence-electron chi connectivity index (χ3n) is 3.25. The van der Waals surface area contributed by atoms with E-state index < -0.39 is 5.97 Å². The van der Waals surface area contributed by atoms with Crippen LogP contribution in [0.5, 0.6) is 0 Å². The maximum Gasteiger partial charge on any atom is 0.306 e. The zero-order chi connectivity index (χ0) is 14.5. The molecule has 1 aromatic carbocycles. The summed E-state index contributed by atoms with van der Waals surface area (Å²) in [6, 6.07) is 7.80. The Morgan fingerprint density at radius 3 is 2.85 bits per heavy atom. The smallest absolute Gasteiger partial charge is 0.306 e. The number of benzene rings is 1. The third-order valence-corrected chi connectivity index (χ3v) is 4.21. The van der Waals surface area contributed by atoms with Gasteiger partial charge in [-0.3, -0.25) is 9.59 Å². The van der Waals surface area contributed by atoms with Crippen LogP contribution in [0.3, 0.4) is 0 Å². The van der Waals surface area contributed by atoms with Gasteiger partial charge in [-0.1, -0.05) is 25.1 Å². The second-order valence-corrected chi connectivity index (χ2v) is 5.69. The number of carboxylic acids is 1. The third kappa shape index (κ3) is 3.36. The number of thiophene rings is 1. The fourth-order valence-electron chi connectivity index (χ4n) is 1.98. The topological polar surface area (TPSA) is 66.4 Å². The van der Waals surface area contributed by atoms with Crippen LogP contribution in [0.4, 0.5) is 0 Å². The lowest BCUT2D eigenvalue weighted by molar-refractivity contribution is -0.141. The summed E-state index contributed by atoms with van der Waals surface area (Å²) >= 11 is 1.55. The highest BCUT2D eigenvalue weighted by molar-refractivity contribution is 7.17. The van der Waals surface area contributed by atoms with Gasteiger partial charge in [-0.25, -0.2) is 0 Å². The van der Waals surface area contributed by atoms with E-state index in [1.165, 1.54) is 0 Å². The highest BCUT2D eigenvalue weighted by atomic mass is 32.1. The number of carbonyl (C=O) groups is 2. The summed E-state index contributed by atoms with van der Waals surface area (Å²) < 4.78 is 1.09. The summed E-state index contributed by atoms with van der Waals surface area (Å²) in [5, 5.41) is 14.4. The molecule has 1 amide bonds. The van der Waals surface area contributed by atoms with Crippen molar-refractivity contribution in [2.75, 3.05) is 6.54 Å². The summed E-state index contributed by atoms with van der Waals surface area (Å²) in [7, 11) is 0. The maximum atomic E-state index is 12.1. The molecule has 5 heteroatoms. The number of amides is 1. The first-order valence-corrected chi connectivity index (χ1v) is 7.45. The first-order chi connectivity index (χ1) is 9.59. The van der Waals surface area contributed by atoms with Crippen LogP contribution >= 0.6 is 11.3 Å². The standard InChI is InChI=1S/C15H17NO3S/c1-10(15(18)19)5-4-8-16-14(17)12-9-20-13-7-3-2-6-11(12)13/h2-3,6-7,9-10H,4-5,8H2,1H3,(H,16,17)(H,18,19). The van der Waals surface area contributed by atoms with E-state index >= 15 is 0 Å². The van der Waals surface area contributed by atoms with Crippen LogP contribution in [-0.2, 0) is 4.79 Å². The second-order valence-electron chi connectivity index (χ2n) is 4.78. The van der Waals surface area contributed by atoms with Gasteiger partial charge in [0.2, 0.25) is 0 Å². The summed E-state index contributed by atoms with van der Waals surface area (Å²) in [5.41, 5.74) is 0.692. The minimum atomic E-state index is -0.792. The number of carbonyl (C=O) groups excluding carboxylic acids is 1. The van der Waals surface area contributed by atoms with Crippen molar-refractivity contribution in [1.29, 1.82) is 0 Å². The van der Waals surface area contributed by atoms with Crippen molar-refractivity contribution in [3.63, 3.8) is 0 Å². The number of rotatable bonds is 6. The van der Waals surface area contributed by atoms with Crippen molar-refractivity contribution in [2.24, 2.45) is 5.92 Å². The molecule has 0 saturated carbocycles. The van der Waals surface area contributed by atoms with Crippen LogP contribution in [0.2, 0.25) is 0 Å². The predicted octanol–water partition coefficient (Wildman–Crippen LogP) is 3.13. The molecule has 2 rings (SSSR count). The summed E-state index contributed by atoms with van der Waals surface area (Å²) in [4.78, 5) is 22.8. The minimum Gasteiger partial charge on any atom is -0.481 e. The van der Waals surface area contributed by atoms with Gasteiger partial charge in [0.25, 0.3) is 5.91 Å². The van der Waals surface area contributed by atoms with Crippen molar-refractivity contribution < 1.29 is 14.7 Å². The van der Waals surface area contributed by atoms with Gasteiger partial charge < -0.3 is 10.4 Å². The normalized spacial score (nSPS) is 12.2. The Morgan fingerprint density at radius 1 is 1.35 bits per heavy atom. The summed E-state index contributed by atoms with van der Waals surface area (Å²) in [5.74, 6) is -1.25. The molecular weight excluding hydrogens is 274 g/mol. The lowest BCUT2D eigenvalue weighted by Crippen LogP contribution is -2.25. The van der Waals surface area contributed by atoms with Crippen LogP contribution in [0, 0.1) is 5.92 Å². The van der Waals surface area contributed by atoms with Crippen LogP contribution in [0.15, 0.2) is 29.6 Å². The molecule has 1 heterocycles. The lowest BCUT2D eigenvalue weighted by Gasteiger charge is -2.07. The van der Waals surface area contributed by atoms with E-state index in [2.05, 4.69) is 5.32 Å². The number of fused-ring (bicyclic) bond motifs is 1. The average molecular weight is 291 g/mol. The molecule has 0 aliphatic heterocycles. The van der Waals surface area contributed by atoms with Gasteiger partial charge in [-0.05, 0) is 18.9 Å². The molecule has 20 heavy (non-hydrogen) atoms. The Balaban J connectivity index is 1.88. The van der Waals surface area contributed by atoms with Crippen molar-refractivity contribution in [2.45, 2.75) is 19.8 Å². The van der Waals surface area contributed by atoms with Crippen LogP contribution < -0.4 is 5.32 Å². The van der Waals surface area contributed by atoms with Crippen LogP contribution in [-0.4, -0.2) is 23.5 Å². The van der Waals surface area contributed by atoms with Gasteiger partial charge in [0, 0.05) is 22.0 Å². The highest BCUT2D eigenvalue weighted by Crippen LogP contribution is 2.25. The Morgan fingerprint density at radius 2 is 2.10 bits per heavy atom. The molecule has 0 aliphatic carbocycles. The van der Waals surface area contributed by atoms with E-state index in [0.29, 0.717) is 24.9 Å². The number of hydrogen-bond donors (Lipinski definition) is 2. The van der Waals surface area contributed by atoms with Crippen molar-refractivity contribution >= 4 is 33.3 Å². The summed E-state index contributed by atoms with van der Waals surface area (Å²) in [6.07, 6.45) is 1.24. The van der Waals surface area contributed by atoms with E-state index in [4.69, 9.17) is 5.11 Å². The number of hydrogen-bond acceptors (Lipinski definition) is 3. The van der Waals surface area contributed by atoms with E-state index in [0.717, 1.165) is 10.1 Å². The zero-order valence-corrected chi connectivity index (χ0v) is 12.1. The van der Waals surface area contributed by atoms with Gasteiger partial charge in [-0.15, -0.1) is 11.3 Å². The van der Waals surface area contributed by atoms with Gasteiger partial charge in [0.15, 0.2) is 0 Å². The fraction of sp³-hybridized carbons (Fsp3) is 0.333. The maximum absolute atomic E-state index is 12.1. The van der Waals surface area contributed by atoms with E-state index in [1.807, 2.05) is 29.6 Å². The van der Waals surface area contributed by atoms with Gasteiger partial charge >= 0.3 is 5.97 Å². The fourth-order valence-corrected chi connectivity index (χ4v) is 2.92. The largest absolute Gasteiger partial charge is 0.481 e. The number of carboxylic acid groups (broad SMARTS) is 1. The Hall–Kier alpha value is -1.88. The number of nitrogens with one attached hydrogen (secondary N) is 1. The second kappa shape index (κ2) is 6.52. The van der Waals surface area contributed by atoms with Crippen molar-refractivity contribution in [1.82, 2.24) is 5.32 Å². The average Bonchev–Trinajstić information content (AvgIpc) is 2.87. The first-order valence-electron chi connectivity index (χ1n) is 6.57. The Bertz CT molecular complexity index is 620. The van der Waals surface area contributed by atoms with E-state index in [9.17, 15) is 9.59 Å². The molecule has 0 fully saturated rings. The molecule has 1 unspecified atom stereocenters. The molecule has 1 atom stereocenters. The van der Waals surface area contributed by atoms with Gasteiger partial charge in [0.05, 0.1) is 11.5 Å². The Kier molecular flexibility index (Phi) is 4.74. The molecule has 2 aromatic rings.